The zero-order valence-electron chi connectivity index (χ0n) is 8.72. The Kier molecular flexibility index (Phi) is 2.57. The minimum Gasteiger partial charge on any atom is -0.381 e. The predicted octanol–water partition coefficient (Wildman–Crippen LogP) is 2.94. The van der Waals surface area contributed by atoms with Gasteiger partial charge in [0.2, 0.25) is 0 Å². The number of aliphatic hydroxyl groups is 1. The third-order valence-electron chi connectivity index (χ3n) is 2.67. The Morgan fingerprint density at radius 3 is 1.40 bits per heavy atom. The molecule has 0 radical (unpaired) electrons. The quantitative estimate of drug-likeness (QED) is 0.786. The van der Waals surface area contributed by atoms with Gasteiger partial charge < -0.3 is 5.11 Å². The second-order valence-electron chi connectivity index (χ2n) is 3.80. The SMILES string of the molecule is CC(O)(c1ccccc1)c1ccccc1. The maximum Gasteiger partial charge on any atom is 0.112 e. The maximum absolute atomic E-state index is 10.5. The van der Waals surface area contributed by atoms with Gasteiger partial charge in [0.15, 0.2) is 0 Å². The van der Waals surface area contributed by atoms with Gasteiger partial charge in [0, 0.05) is 0 Å². The zero-order chi connectivity index (χ0) is 10.7. The molecule has 15 heavy (non-hydrogen) atoms. The molecule has 0 aromatic heterocycles. The summed E-state index contributed by atoms with van der Waals surface area (Å²) >= 11 is 0. The molecule has 1 N–H and O–H groups in total. The first kappa shape index (κ1) is 9.94. The molecule has 0 saturated heterocycles. The molecule has 0 atom stereocenters. The number of hydrogen-bond acceptors (Lipinski definition) is 1. The van der Waals surface area contributed by atoms with Crippen LogP contribution in [0, 0.1) is 0 Å². The average Bonchev–Trinajstić information content (AvgIpc) is 2.31. The normalized spacial score (nSPS) is 11.3. The average molecular weight is 198 g/mol. The fraction of sp³-hybridized carbons (Fsp3) is 0.143. The minimum atomic E-state index is -0.914. The standard InChI is InChI=1S/C14H14O/c1-14(15,12-8-4-2-5-9-12)13-10-6-3-7-11-13/h2-11,15H,1H3. The van der Waals surface area contributed by atoms with E-state index in [-0.39, 0.29) is 0 Å². The molecular weight excluding hydrogens is 184 g/mol. The molecular formula is C14H14O. The molecule has 0 aliphatic rings. The van der Waals surface area contributed by atoms with Crippen LogP contribution in [-0.2, 0) is 5.60 Å². The van der Waals surface area contributed by atoms with E-state index in [0.29, 0.717) is 0 Å². The molecule has 2 aromatic carbocycles. The Morgan fingerprint density at radius 1 is 0.733 bits per heavy atom. The van der Waals surface area contributed by atoms with E-state index in [4.69, 9.17) is 0 Å². The summed E-state index contributed by atoms with van der Waals surface area (Å²) in [5, 5.41) is 10.5. The lowest BCUT2D eigenvalue weighted by Crippen LogP contribution is -2.22. The van der Waals surface area contributed by atoms with E-state index in [9.17, 15) is 5.11 Å². The Balaban J connectivity index is 2.44. The van der Waals surface area contributed by atoms with E-state index in [1.54, 1.807) is 0 Å². The highest BCUT2D eigenvalue weighted by Crippen LogP contribution is 2.28. The summed E-state index contributed by atoms with van der Waals surface area (Å²) in [5.74, 6) is 0. The molecule has 0 aliphatic heterocycles. The molecule has 0 unspecified atom stereocenters. The fourth-order valence-corrected chi connectivity index (χ4v) is 1.69. The van der Waals surface area contributed by atoms with Gasteiger partial charge in [-0.3, -0.25) is 0 Å². The molecule has 0 aliphatic carbocycles. The largest absolute Gasteiger partial charge is 0.381 e. The van der Waals surface area contributed by atoms with Crippen LogP contribution < -0.4 is 0 Å². The van der Waals surface area contributed by atoms with E-state index in [2.05, 4.69) is 0 Å². The third-order valence-corrected chi connectivity index (χ3v) is 2.67. The molecule has 2 aromatic rings. The van der Waals surface area contributed by atoms with Crippen LogP contribution in [0.1, 0.15) is 18.1 Å². The molecule has 0 fully saturated rings. The van der Waals surface area contributed by atoms with Crippen molar-refractivity contribution in [1.82, 2.24) is 0 Å². The summed E-state index contributed by atoms with van der Waals surface area (Å²) in [7, 11) is 0. The highest BCUT2D eigenvalue weighted by Gasteiger charge is 2.24. The highest BCUT2D eigenvalue weighted by molar-refractivity contribution is 5.34. The van der Waals surface area contributed by atoms with Crippen molar-refractivity contribution in [3.05, 3.63) is 71.8 Å². The molecule has 1 nitrogen and oxygen atoms in total. The molecule has 0 spiro atoms. The molecule has 0 amide bonds. The molecule has 0 bridgehead atoms. The Labute approximate surface area is 90.0 Å². The molecule has 76 valence electrons. The lowest BCUT2D eigenvalue weighted by atomic mass is 9.88. The summed E-state index contributed by atoms with van der Waals surface area (Å²) in [6.45, 7) is 1.82. The van der Waals surface area contributed by atoms with Gasteiger partial charge in [-0.2, -0.15) is 0 Å². The van der Waals surface area contributed by atoms with Gasteiger partial charge in [-0.1, -0.05) is 60.7 Å². The van der Waals surface area contributed by atoms with Crippen LogP contribution in [0.3, 0.4) is 0 Å². The van der Waals surface area contributed by atoms with Gasteiger partial charge in [-0.15, -0.1) is 0 Å². The summed E-state index contributed by atoms with van der Waals surface area (Å²) in [5.41, 5.74) is 0.912. The van der Waals surface area contributed by atoms with Crippen molar-refractivity contribution < 1.29 is 5.11 Å². The van der Waals surface area contributed by atoms with Gasteiger partial charge in [0.1, 0.15) is 5.60 Å². The minimum absolute atomic E-state index is 0.913. The van der Waals surface area contributed by atoms with Crippen molar-refractivity contribution in [2.24, 2.45) is 0 Å². The fourth-order valence-electron chi connectivity index (χ4n) is 1.69. The lowest BCUT2D eigenvalue weighted by Gasteiger charge is -2.24. The number of hydrogen-bond donors (Lipinski definition) is 1. The van der Waals surface area contributed by atoms with Crippen molar-refractivity contribution in [2.45, 2.75) is 12.5 Å². The van der Waals surface area contributed by atoms with E-state index in [1.807, 2.05) is 67.6 Å². The van der Waals surface area contributed by atoms with Crippen molar-refractivity contribution in [2.75, 3.05) is 0 Å². The monoisotopic (exact) mass is 198 g/mol. The van der Waals surface area contributed by atoms with E-state index in [1.165, 1.54) is 0 Å². The van der Waals surface area contributed by atoms with Crippen LogP contribution >= 0.6 is 0 Å². The zero-order valence-corrected chi connectivity index (χ0v) is 8.72. The van der Waals surface area contributed by atoms with Gasteiger partial charge in [-0.25, -0.2) is 0 Å². The first-order valence-corrected chi connectivity index (χ1v) is 5.04. The first-order valence-electron chi connectivity index (χ1n) is 5.04. The molecule has 1 heteroatoms. The van der Waals surface area contributed by atoms with Crippen LogP contribution in [0.2, 0.25) is 0 Å². The Morgan fingerprint density at radius 2 is 1.07 bits per heavy atom. The summed E-state index contributed by atoms with van der Waals surface area (Å²) in [6.07, 6.45) is 0. The van der Waals surface area contributed by atoms with Gasteiger partial charge in [-0.05, 0) is 18.1 Å². The van der Waals surface area contributed by atoms with Crippen molar-refractivity contribution in [1.29, 1.82) is 0 Å². The van der Waals surface area contributed by atoms with Gasteiger partial charge >= 0.3 is 0 Å². The van der Waals surface area contributed by atoms with Crippen LogP contribution in [0.25, 0.3) is 0 Å². The van der Waals surface area contributed by atoms with E-state index >= 15 is 0 Å². The van der Waals surface area contributed by atoms with Crippen LogP contribution in [0.15, 0.2) is 60.7 Å². The van der Waals surface area contributed by atoms with E-state index < -0.39 is 5.60 Å². The molecule has 2 rings (SSSR count). The topological polar surface area (TPSA) is 20.2 Å². The molecule has 0 saturated carbocycles. The van der Waals surface area contributed by atoms with Crippen LogP contribution in [0.5, 0.6) is 0 Å². The maximum atomic E-state index is 10.5. The molecule has 0 heterocycles. The Bertz CT molecular complexity index is 376. The van der Waals surface area contributed by atoms with Crippen LogP contribution in [-0.4, -0.2) is 5.11 Å². The van der Waals surface area contributed by atoms with Crippen molar-refractivity contribution in [3.8, 4) is 0 Å². The predicted molar refractivity (Wildman–Crippen MR) is 61.6 cm³/mol. The first-order chi connectivity index (χ1) is 7.21. The summed E-state index contributed by atoms with van der Waals surface area (Å²) in [6, 6.07) is 19.4. The van der Waals surface area contributed by atoms with Gasteiger partial charge in [0.05, 0.1) is 0 Å². The number of rotatable bonds is 2. The van der Waals surface area contributed by atoms with Crippen LogP contribution in [0.4, 0.5) is 0 Å². The van der Waals surface area contributed by atoms with Crippen molar-refractivity contribution >= 4 is 0 Å². The van der Waals surface area contributed by atoms with Crippen molar-refractivity contribution in [3.63, 3.8) is 0 Å². The Hall–Kier alpha value is -1.60. The smallest absolute Gasteiger partial charge is 0.112 e. The second-order valence-corrected chi connectivity index (χ2v) is 3.80. The highest BCUT2D eigenvalue weighted by atomic mass is 16.3. The third kappa shape index (κ3) is 1.92. The van der Waals surface area contributed by atoms with Gasteiger partial charge in [0.25, 0.3) is 0 Å². The van der Waals surface area contributed by atoms with E-state index in [0.717, 1.165) is 11.1 Å². The summed E-state index contributed by atoms with van der Waals surface area (Å²) in [4.78, 5) is 0. The summed E-state index contributed by atoms with van der Waals surface area (Å²) < 4.78 is 0. The lowest BCUT2D eigenvalue weighted by molar-refractivity contribution is 0.102. The number of benzene rings is 2. The second kappa shape index (κ2) is 3.87.